The first-order valence-corrected chi connectivity index (χ1v) is 11.0. The van der Waals surface area contributed by atoms with Gasteiger partial charge in [-0.3, -0.25) is 0 Å². The molecule has 3 rings (SSSR count). The first-order valence-electron chi connectivity index (χ1n) is 11.0. The summed E-state index contributed by atoms with van der Waals surface area (Å²) in [5, 5.41) is 0. The third-order valence-electron chi connectivity index (χ3n) is 7.74. The monoisotopic (exact) mass is 367 g/mol. The fourth-order valence-electron chi connectivity index (χ4n) is 6.23. The van der Waals surface area contributed by atoms with Gasteiger partial charge in [-0.25, -0.2) is 13.6 Å². The molecule has 0 radical (unpaired) electrons. The summed E-state index contributed by atoms with van der Waals surface area (Å²) >= 11 is 0. The Morgan fingerprint density at radius 3 is 1.73 bits per heavy atom. The second kappa shape index (κ2) is 9.44. The third kappa shape index (κ3) is 4.74. The molecule has 2 unspecified atom stereocenters. The molecule has 2 nitrogen and oxygen atoms in total. The second-order valence-corrected chi connectivity index (χ2v) is 9.22. The van der Waals surface area contributed by atoms with E-state index in [0.29, 0.717) is 18.8 Å². The lowest BCUT2D eigenvalue weighted by atomic mass is 9.65. The smallest absolute Gasteiger partial charge is 0.235 e. The topological polar surface area (TPSA) is 29.4 Å². The molecule has 2 atom stereocenters. The molecule has 0 aromatic heterocycles. The highest BCUT2D eigenvalue weighted by atomic mass is 19.1. The largest absolute Gasteiger partial charge is 0.245 e. The van der Waals surface area contributed by atoms with Crippen molar-refractivity contribution in [2.45, 2.75) is 102 Å². The number of isocyanates is 1. The molecule has 148 valence electrons. The van der Waals surface area contributed by atoms with E-state index >= 15 is 0 Å². The van der Waals surface area contributed by atoms with Crippen molar-refractivity contribution in [2.24, 2.45) is 34.6 Å². The molecule has 0 aliphatic heterocycles. The normalized spacial score (nSPS) is 44.3. The Bertz CT molecular complexity index is 465. The van der Waals surface area contributed by atoms with Gasteiger partial charge in [0.25, 0.3) is 0 Å². The Balaban J connectivity index is 1.45. The van der Waals surface area contributed by atoms with E-state index in [0.717, 1.165) is 30.6 Å². The van der Waals surface area contributed by atoms with Crippen LogP contribution < -0.4 is 0 Å². The number of nitrogens with zero attached hydrogens (tertiary/aromatic N) is 1. The van der Waals surface area contributed by atoms with E-state index in [-0.39, 0.29) is 5.92 Å². The molecule has 0 spiro atoms. The first-order chi connectivity index (χ1) is 12.6. The second-order valence-electron chi connectivity index (χ2n) is 9.22. The van der Waals surface area contributed by atoms with Crippen LogP contribution in [0.1, 0.15) is 84.0 Å². The summed E-state index contributed by atoms with van der Waals surface area (Å²) in [6.45, 7) is 2.29. The quantitative estimate of drug-likeness (QED) is 0.421. The average Bonchev–Trinajstić information content (AvgIpc) is 2.66. The number of hydrogen-bond acceptors (Lipinski definition) is 2. The van der Waals surface area contributed by atoms with Crippen molar-refractivity contribution < 1.29 is 13.6 Å². The maximum atomic E-state index is 14.2. The van der Waals surface area contributed by atoms with Gasteiger partial charge in [-0.15, -0.1) is 0 Å². The molecule has 3 aliphatic rings. The molecule has 3 aliphatic carbocycles. The standard InChI is InChI=1S/C22H35F2NO/c1-2-3-15-4-6-16(7-5-15)17-8-10-18(11-9-17)19-12-20(23)22(25-14-26)21(24)13-19/h15-22H,2-13H2,1H3/t15?,16?,17-,18+,19?,20?,21?,22?. The molecule has 4 heteroatoms. The number of rotatable bonds is 5. The van der Waals surface area contributed by atoms with Crippen LogP contribution in [-0.2, 0) is 4.79 Å². The summed E-state index contributed by atoms with van der Waals surface area (Å²) in [6.07, 6.45) is 12.5. The van der Waals surface area contributed by atoms with Crippen molar-refractivity contribution in [1.82, 2.24) is 0 Å². The molecule has 0 aromatic rings. The van der Waals surface area contributed by atoms with E-state index in [1.165, 1.54) is 57.4 Å². The van der Waals surface area contributed by atoms with Crippen molar-refractivity contribution >= 4 is 6.08 Å². The summed E-state index contributed by atoms with van der Waals surface area (Å²) in [5.74, 6) is 3.27. The molecule has 3 saturated carbocycles. The van der Waals surface area contributed by atoms with Gasteiger partial charge in [0.15, 0.2) is 0 Å². The minimum Gasteiger partial charge on any atom is -0.245 e. The predicted octanol–water partition coefficient (Wildman–Crippen LogP) is 6.19. The van der Waals surface area contributed by atoms with Crippen LogP contribution in [-0.4, -0.2) is 24.5 Å². The first kappa shape index (κ1) is 20.0. The van der Waals surface area contributed by atoms with E-state index in [4.69, 9.17) is 0 Å². The number of aliphatic imine (C=N–C) groups is 1. The number of carbonyl (C=O) groups excluding carboxylic acids is 1. The lowest BCUT2D eigenvalue weighted by Crippen LogP contribution is -2.41. The van der Waals surface area contributed by atoms with Gasteiger partial charge in [0.2, 0.25) is 6.08 Å². The minimum atomic E-state index is -1.32. The lowest BCUT2D eigenvalue weighted by molar-refractivity contribution is 0.0425. The van der Waals surface area contributed by atoms with Crippen molar-refractivity contribution in [3.8, 4) is 0 Å². The average molecular weight is 368 g/mol. The van der Waals surface area contributed by atoms with Gasteiger partial charge < -0.3 is 0 Å². The molecule has 0 saturated heterocycles. The van der Waals surface area contributed by atoms with Crippen LogP contribution in [0.15, 0.2) is 4.99 Å². The Morgan fingerprint density at radius 2 is 1.27 bits per heavy atom. The van der Waals surface area contributed by atoms with Crippen LogP contribution in [0.4, 0.5) is 8.78 Å². The van der Waals surface area contributed by atoms with Gasteiger partial charge in [-0.05, 0) is 81.0 Å². The predicted molar refractivity (Wildman–Crippen MR) is 100 cm³/mol. The zero-order chi connectivity index (χ0) is 18.5. The van der Waals surface area contributed by atoms with Gasteiger partial charge in [0.05, 0.1) is 0 Å². The van der Waals surface area contributed by atoms with Crippen LogP contribution >= 0.6 is 0 Å². The van der Waals surface area contributed by atoms with Crippen LogP contribution in [0.25, 0.3) is 0 Å². The summed E-state index contributed by atoms with van der Waals surface area (Å²) in [4.78, 5) is 13.7. The molecule has 26 heavy (non-hydrogen) atoms. The Hall–Kier alpha value is -0.760. The zero-order valence-corrected chi connectivity index (χ0v) is 16.2. The Morgan fingerprint density at radius 1 is 0.808 bits per heavy atom. The Labute approximate surface area is 157 Å². The van der Waals surface area contributed by atoms with Crippen molar-refractivity contribution in [3.05, 3.63) is 0 Å². The fraction of sp³-hybridized carbons (Fsp3) is 0.955. The Kier molecular flexibility index (Phi) is 7.26. The number of hydrogen-bond donors (Lipinski definition) is 0. The maximum Gasteiger partial charge on any atom is 0.235 e. The van der Waals surface area contributed by atoms with Crippen molar-refractivity contribution in [3.63, 3.8) is 0 Å². The van der Waals surface area contributed by atoms with Crippen LogP contribution in [0, 0.1) is 29.6 Å². The third-order valence-corrected chi connectivity index (χ3v) is 7.74. The number of halogens is 2. The zero-order valence-electron chi connectivity index (χ0n) is 16.2. The van der Waals surface area contributed by atoms with Crippen LogP contribution in [0.3, 0.4) is 0 Å². The fourth-order valence-corrected chi connectivity index (χ4v) is 6.23. The number of alkyl halides is 2. The van der Waals surface area contributed by atoms with E-state index < -0.39 is 18.4 Å². The van der Waals surface area contributed by atoms with Gasteiger partial charge in [0, 0.05) is 0 Å². The van der Waals surface area contributed by atoms with Gasteiger partial charge in [-0.1, -0.05) is 32.6 Å². The van der Waals surface area contributed by atoms with E-state index in [9.17, 15) is 13.6 Å². The highest BCUT2D eigenvalue weighted by molar-refractivity contribution is 5.34. The summed E-state index contributed by atoms with van der Waals surface area (Å²) in [5.41, 5.74) is 0. The van der Waals surface area contributed by atoms with Gasteiger partial charge in [0.1, 0.15) is 18.4 Å². The van der Waals surface area contributed by atoms with E-state index in [1.807, 2.05) is 0 Å². The molecule has 0 amide bonds. The van der Waals surface area contributed by atoms with Crippen molar-refractivity contribution in [1.29, 1.82) is 0 Å². The maximum absolute atomic E-state index is 14.2. The highest BCUT2D eigenvalue weighted by Gasteiger charge is 2.42. The lowest BCUT2D eigenvalue weighted by Gasteiger charge is -2.42. The van der Waals surface area contributed by atoms with Gasteiger partial charge in [-0.2, -0.15) is 4.99 Å². The molecule has 0 heterocycles. The summed E-state index contributed by atoms with van der Waals surface area (Å²) in [7, 11) is 0. The molecule has 3 fully saturated rings. The minimum absolute atomic E-state index is 0.124. The highest BCUT2D eigenvalue weighted by Crippen LogP contribution is 2.46. The van der Waals surface area contributed by atoms with E-state index in [2.05, 4.69) is 11.9 Å². The molecule has 0 aromatic carbocycles. The van der Waals surface area contributed by atoms with Gasteiger partial charge >= 0.3 is 0 Å². The molecular formula is C22H35F2NO. The summed E-state index contributed by atoms with van der Waals surface area (Å²) < 4.78 is 28.5. The van der Waals surface area contributed by atoms with Crippen molar-refractivity contribution in [2.75, 3.05) is 0 Å². The van der Waals surface area contributed by atoms with Crippen LogP contribution in [0.2, 0.25) is 0 Å². The van der Waals surface area contributed by atoms with E-state index in [1.54, 1.807) is 0 Å². The molecule has 0 bridgehead atoms. The molecule has 0 N–H and O–H groups in total. The van der Waals surface area contributed by atoms with Crippen LogP contribution in [0.5, 0.6) is 0 Å². The SMILES string of the molecule is CCCC1CCC([C@H]2CC[C@@H](C3CC(F)C(N=C=O)C(F)C3)CC2)CC1. The molecular weight excluding hydrogens is 332 g/mol. The summed E-state index contributed by atoms with van der Waals surface area (Å²) in [6, 6.07) is -1.11.